The highest BCUT2D eigenvalue weighted by Gasteiger charge is 2.44. The molecule has 4 amide bonds. The lowest BCUT2D eigenvalue weighted by molar-refractivity contribution is -0.137. The molecule has 3 aliphatic heterocycles. The normalized spacial score (nSPS) is 22.0. The summed E-state index contributed by atoms with van der Waals surface area (Å²) < 4.78 is 28.4. The Morgan fingerprint density at radius 1 is 1.07 bits per heavy atom. The van der Waals surface area contributed by atoms with E-state index >= 15 is 0 Å². The van der Waals surface area contributed by atoms with Crippen molar-refractivity contribution >= 4 is 35.3 Å². The van der Waals surface area contributed by atoms with Gasteiger partial charge in [0, 0.05) is 57.4 Å². The summed E-state index contributed by atoms with van der Waals surface area (Å²) in [7, 11) is 0. The molecule has 2 aromatic rings. The number of nitrogens with one attached hydrogen (secondary N) is 1. The number of benzene rings is 2. The first-order chi connectivity index (χ1) is 19.5. The van der Waals surface area contributed by atoms with Gasteiger partial charge in [0.05, 0.1) is 5.25 Å². The first kappa shape index (κ1) is 29.4. The van der Waals surface area contributed by atoms with Crippen LogP contribution >= 0.6 is 11.8 Å². The number of likely N-dealkylation sites (tertiary alicyclic amines) is 1. The molecule has 2 unspecified atom stereocenters. The number of amides is 4. The van der Waals surface area contributed by atoms with Crippen LogP contribution in [0.25, 0.3) is 0 Å². The van der Waals surface area contributed by atoms with Crippen molar-refractivity contribution in [2.24, 2.45) is 5.41 Å². The standard InChI is InChI=1S/C31H38F2N4O3S.H2/c1-31(2,3)13-17-37-28(39)26(41-29(37)23-9-8-21(32)18-24(23)33)19-27(38)35-14-11-22(12-15-35)36-16-10-20-6-4-5-7-25(20)34-30(36)40;/h4-9,18,22,26,29H,10-17,19H2,1-3H3,(H,34,40);1H. The van der Waals surface area contributed by atoms with Crippen LogP contribution in [0, 0.1) is 17.0 Å². The van der Waals surface area contributed by atoms with E-state index in [0.717, 1.165) is 23.7 Å². The number of halogens is 2. The lowest BCUT2D eigenvalue weighted by Crippen LogP contribution is -2.50. The molecule has 10 heteroatoms. The molecule has 2 aromatic carbocycles. The van der Waals surface area contributed by atoms with Crippen LogP contribution in [-0.2, 0) is 16.0 Å². The average Bonchev–Trinajstić information content (AvgIpc) is 3.11. The van der Waals surface area contributed by atoms with Gasteiger partial charge in [-0.3, -0.25) is 9.59 Å². The number of rotatable bonds is 6. The monoisotopic (exact) mass is 586 g/mol. The molecule has 0 aliphatic carbocycles. The van der Waals surface area contributed by atoms with Gasteiger partial charge in [-0.05, 0) is 48.8 Å². The summed E-state index contributed by atoms with van der Waals surface area (Å²) in [6.45, 7) is 8.30. The van der Waals surface area contributed by atoms with Crippen molar-refractivity contribution in [2.45, 2.75) is 69.5 Å². The summed E-state index contributed by atoms with van der Waals surface area (Å²) in [4.78, 5) is 45.1. The van der Waals surface area contributed by atoms with Crippen LogP contribution in [0.4, 0.5) is 19.3 Å². The Bertz CT molecular complexity index is 1320. The molecule has 2 fully saturated rings. The molecule has 3 heterocycles. The van der Waals surface area contributed by atoms with Crippen molar-refractivity contribution in [1.29, 1.82) is 0 Å². The molecule has 3 aliphatic rings. The predicted molar refractivity (Wildman–Crippen MR) is 158 cm³/mol. The number of piperidine rings is 1. The molecule has 0 saturated carbocycles. The summed E-state index contributed by atoms with van der Waals surface area (Å²) >= 11 is 1.27. The molecule has 41 heavy (non-hydrogen) atoms. The Balaban J connectivity index is 0.00000405. The Morgan fingerprint density at radius 3 is 2.51 bits per heavy atom. The number of nitrogens with zero attached hydrogens (tertiary/aromatic N) is 3. The van der Waals surface area contributed by atoms with Crippen molar-refractivity contribution in [3.8, 4) is 0 Å². The molecule has 1 N–H and O–H groups in total. The first-order valence-electron chi connectivity index (χ1n) is 14.3. The zero-order valence-electron chi connectivity index (χ0n) is 23.9. The van der Waals surface area contributed by atoms with Crippen LogP contribution in [0.3, 0.4) is 0 Å². The number of thioether (sulfide) groups is 1. The van der Waals surface area contributed by atoms with Crippen molar-refractivity contribution < 1.29 is 24.6 Å². The van der Waals surface area contributed by atoms with Gasteiger partial charge in [0.25, 0.3) is 0 Å². The van der Waals surface area contributed by atoms with Crippen LogP contribution in [0.15, 0.2) is 42.5 Å². The van der Waals surface area contributed by atoms with E-state index < -0.39 is 22.3 Å². The number of para-hydroxylation sites is 1. The number of hydrogen-bond donors (Lipinski definition) is 1. The third kappa shape index (κ3) is 6.68. The fraction of sp³-hybridized carbons (Fsp3) is 0.516. The van der Waals surface area contributed by atoms with Gasteiger partial charge in [-0.1, -0.05) is 45.0 Å². The predicted octanol–water partition coefficient (Wildman–Crippen LogP) is 6.06. The first-order valence-corrected chi connectivity index (χ1v) is 15.3. The second kappa shape index (κ2) is 12.0. The van der Waals surface area contributed by atoms with Crippen LogP contribution < -0.4 is 5.32 Å². The summed E-state index contributed by atoms with van der Waals surface area (Å²) in [5, 5.41) is 1.77. The highest BCUT2D eigenvalue weighted by Crippen LogP contribution is 2.46. The van der Waals surface area contributed by atoms with E-state index in [4.69, 9.17) is 0 Å². The van der Waals surface area contributed by atoms with E-state index in [2.05, 4.69) is 26.1 Å². The molecule has 0 radical (unpaired) electrons. The molecule has 2 saturated heterocycles. The molecular formula is C31H40F2N4O3S. The van der Waals surface area contributed by atoms with Gasteiger partial charge in [0.15, 0.2) is 0 Å². The molecule has 7 nitrogen and oxygen atoms in total. The van der Waals surface area contributed by atoms with E-state index in [1.54, 1.807) is 9.80 Å². The summed E-state index contributed by atoms with van der Waals surface area (Å²) in [5.74, 6) is -1.65. The molecule has 0 bridgehead atoms. The molecule has 222 valence electrons. The second-order valence-electron chi connectivity index (χ2n) is 12.3. The summed E-state index contributed by atoms with van der Waals surface area (Å²) in [6, 6.07) is 11.2. The number of carbonyl (C=O) groups excluding carboxylic acids is 3. The van der Waals surface area contributed by atoms with E-state index in [1.165, 1.54) is 23.9 Å². The average molecular weight is 587 g/mol. The lowest BCUT2D eigenvalue weighted by Gasteiger charge is -2.38. The van der Waals surface area contributed by atoms with Crippen molar-refractivity contribution in [2.75, 3.05) is 31.5 Å². The lowest BCUT2D eigenvalue weighted by atomic mass is 9.92. The number of urea groups is 1. The van der Waals surface area contributed by atoms with Crippen molar-refractivity contribution in [3.63, 3.8) is 0 Å². The highest BCUT2D eigenvalue weighted by atomic mass is 32.2. The fourth-order valence-corrected chi connectivity index (χ4v) is 7.30. The van der Waals surface area contributed by atoms with E-state index in [9.17, 15) is 23.2 Å². The molecule has 5 rings (SSSR count). The minimum Gasteiger partial charge on any atom is -0.342 e. The fourth-order valence-electron chi connectivity index (χ4n) is 5.80. The zero-order chi connectivity index (χ0) is 29.3. The van der Waals surface area contributed by atoms with Gasteiger partial charge < -0.3 is 20.0 Å². The maximum Gasteiger partial charge on any atom is 0.322 e. The topological polar surface area (TPSA) is 73.0 Å². The molecule has 0 spiro atoms. The van der Waals surface area contributed by atoms with Crippen LogP contribution in [0.1, 0.15) is 64.4 Å². The summed E-state index contributed by atoms with van der Waals surface area (Å²) in [6.07, 6.45) is 2.85. The number of anilines is 1. The Kier molecular flexibility index (Phi) is 8.59. The van der Waals surface area contributed by atoms with E-state index in [0.29, 0.717) is 45.4 Å². The van der Waals surface area contributed by atoms with Gasteiger partial charge in [-0.15, -0.1) is 11.8 Å². The van der Waals surface area contributed by atoms with Gasteiger partial charge in [-0.25, -0.2) is 13.6 Å². The maximum atomic E-state index is 14.8. The van der Waals surface area contributed by atoms with Crippen LogP contribution in [0.5, 0.6) is 0 Å². The number of fused-ring (bicyclic) bond motifs is 1. The SMILES string of the molecule is CC(C)(C)CCN1C(=O)C(CC(=O)N2CCC(N3CCc4ccccc4NC3=O)CC2)SC1c1ccc(F)cc1F.[HH]. The maximum absolute atomic E-state index is 14.8. The van der Waals surface area contributed by atoms with Gasteiger partial charge in [0.1, 0.15) is 17.0 Å². The third-order valence-corrected chi connectivity index (χ3v) is 9.69. The molecular weight excluding hydrogens is 546 g/mol. The highest BCUT2D eigenvalue weighted by molar-refractivity contribution is 8.01. The number of carbonyl (C=O) groups is 3. The zero-order valence-corrected chi connectivity index (χ0v) is 24.7. The second-order valence-corrected chi connectivity index (χ2v) is 13.6. The minimum atomic E-state index is -0.689. The third-order valence-electron chi connectivity index (χ3n) is 8.23. The van der Waals surface area contributed by atoms with Gasteiger partial charge in [0.2, 0.25) is 11.8 Å². The smallest absolute Gasteiger partial charge is 0.322 e. The van der Waals surface area contributed by atoms with E-state index in [-0.39, 0.29) is 42.7 Å². The van der Waals surface area contributed by atoms with Crippen LogP contribution in [-0.4, -0.2) is 70.0 Å². The van der Waals surface area contributed by atoms with Gasteiger partial charge in [-0.2, -0.15) is 0 Å². The Morgan fingerprint density at radius 2 is 1.80 bits per heavy atom. The van der Waals surface area contributed by atoms with Crippen molar-refractivity contribution in [3.05, 3.63) is 65.2 Å². The van der Waals surface area contributed by atoms with E-state index in [1.807, 2.05) is 29.2 Å². The summed E-state index contributed by atoms with van der Waals surface area (Å²) in [5.41, 5.74) is 2.18. The molecule has 2 atom stereocenters. The largest absolute Gasteiger partial charge is 0.342 e. The number of hydrogen-bond acceptors (Lipinski definition) is 4. The Labute approximate surface area is 246 Å². The van der Waals surface area contributed by atoms with Crippen molar-refractivity contribution in [1.82, 2.24) is 14.7 Å². The molecule has 0 aromatic heterocycles. The van der Waals surface area contributed by atoms with Crippen LogP contribution in [0.2, 0.25) is 0 Å². The minimum absolute atomic E-state index is 0. The Hall–Kier alpha value is -3.14. The van der Waals surface area contributed by atoms with Gasteiger partial charge >= 0.3 is 6.03 Å². The quantitative estimate of drug-likeness (QED) is 0.447.